The highest BCUT2D eigenvalue weighted by atomic mass is 127. The van der Waals surface area contributed by atoms with E-state index in [1.807, 2.05) is 22.6 Å². The summed E-state index contributed by atoms with van der Waals surface area (Å²) in [6.45, 7) is 0. The fourth-order valence-corrected chi connectivity index (χ4v) is 1.51. The van der Waals surface area contributed by atoms with E-state index in [0.717, 1.165) is 0 Å². The van der Waals surface area contributed by atoms with Crippen LogP contribution in [0.1, 0.15) is 4.11 Å². The van der Waals surface area contributed by atoms with E-state index in [4.69, 9.17) is 15.7 Å². The lowest BCUT2D eigenvalue weighted by Crippen LogP contribution is -1.70. The number of benzene rings is 1. The van der Waals surface area contributed by atoms with Crippen molar-refractivity contribution in [2.24, 2.45) is 0 Å². The van der Waals surface area contributed by atoms with Crippen LogP contribution >= 0.6 is 50.1 Å². The van der Waals surface area contributed by atoms with E-state index in [2.05, 4.69) is 15.9 Å². The summed E-state index contributed by atoms with van der Waals surface area (Å²) in [5, 5.41) is 0.130. The highest BCUT2D eigenvalue weighted by Crippen LogP contribution is 2.23. The van der Waals surface area contributed by atoms with Crippen LogP contribution in [0.25, 0.3) is 0 Å². The predicted molar refractivity (Wildman–Crippen MR) is 51.9 cm³/mol. The first-order valence-electron chi connectivity index (χ1n) is 3.57. The summed E-state index contributed by atoms with van der Waals surface area (Å²) in [7, 11) is 0. The summed E-state index contributed by atoms with van der Waals surface area (Å²) in [6, 6.07) is 0.138. The van der Waals surface area contributed by atoms with Crippen molar-refractivity contribution in [2.75, 3.05) is 0 Å². The minimum Gasteiger partial charge on any atom is -0.0831 e. The van der Waals surface area contributed by atoms with E-state index in [1.165, 1.54) is 0 Å². The highest BCUT2D eigenvalue weighted by molar-refractivity contribution is 14.1. The third-order valence-electron chi connectivity index (χ3n) is 0.694. The van der Waals surface area contributed by atoms with E-state index in [0.29, 0.717) is 8.04 Å². The molecule has 0 unspecified atom stereocenters. The average Bonchev–Trinajstić information content (AvgIpc) is 2.08. The topological polar surface area (TPSA) is 0 Å². The van der Waals surface area contributed by atoms with Crippen molar-refractivity contribution in [2.45, 2.75) is 0 Å². The molecule has 0 aliphatic carbocycles. The molecule has 1 rings (SSSR count). The fraction of sp³-hybridized carbons (Fsp3) is 0. The van der Waals surface area contributed by atoms with E-state index in [9.17, 15) is 0 Å². The zero-order valence-corrected chi connectivity index (χ0v) is 8.63. The molecule has 0 fully saturated rings. The number of halogens is 3. The molecule has 0 atom stereocenters. The third kappa shape index (κ3) is 2.09. The molecule has 0 saturated heterocycles. The molecule has 3 heteroatoms. The zero-order valence-electron chi connectivity index (χ0n) is 7.13. The van der Waals surface area contributed by atoms with Crippen molar-refractivity contribution in [3.05, 3.63) is 31.2 Å². The van der Waals surface area contributed by atoms with E-state index >= 15 is 0 Å². The molecule has 0 spiro atoms. The molecule has 0 amide bonds. The van der Waals surface area contributed by atoms with Crippen molar-refractivity contribution in [1.29, 1.82) is 0 Å². The second-order valence-electron chi connectivity index (χ2n) is 1.32. The van der Waals surface area contributed by atoms with Crippen LogP contribution in [0.5, 0.6) is 0 Å². The van der Waals surface area contributed by atoms with E-state index < -0.39 is 0 Å². The number of rotatable bonds is 0. The first-order valence-corrected chi connectivity index (χ1v) is 4.32. The van der Waals surface area contributed by atoms with Gasteiger partial charge in [-0.3, -0.25) is 0 Å². The standard InChI is InChI=1S/C6H3BrClI/c7-5-3-4(9)1-2-6(5)8/h1-3H/i1D,2D,3D. The van der Waals surface area contributed by atoms with Gasteiger partial charge in [-0.25, -0.2) is 0 Å². The van der Waals surface area contributed by atoms with Crippen molar-refractivity contribution >= 4 is 50.1 Å². The Balaban J connectivity index is 3.60. The van der Waals surface area contributed by atoms with Gasteiger partial charge < -0.3 is 0 Å². The molecule has 0 nitrogen and oxygen atoms in total. The summed E-state index contributed by atoms with van der Waals surface area (Å²) >= 11 is 10.6. The summed E-state index contributed by atoms with van der Waals surface area (Å²) in [6.07, 6.45) is 0. The lowest BCUT2D eigenvalue weighted by atomic mass is 10.4. The summed E-state index contributed by atoms with van der Waals surface area (Å²) in [5.41, 5.74) is 0. The number of hydrogen-bond acceptors (Lipinski definition) is 0. The van der Waals surface area contributed by atoms with Crippen LogP contribution in [0.2, 0.25) is 5.02 Å². The van der Waals surface area contributed by atoms with Gasteiger partial charge in [0.05, 0.1) is 9.13 Å². The van der Waals surface area contributed by atoms with Crippen LogP contribution in [-0.2, 0) is 0 Å². The molecule has 9 heavy (non-hydrogen) atoms. The maximum atomic E-state index is 7.48. The van der Waals surface area contributed by atoms with Crippen LogP contribution in [0, 0.1) is 3.57 Å². The van der Waals surface area contributed by atoms with Crippen molar-refractivity contribution in [1.82, 2.24) is 0 Å². The Hall–Kier alpha value is 0.720. The molecule has 48 valence electrons. The second kappa shape index (κ2) is 3.21. The highest BCUT2D eigenvalue weighted by Gasteiger charge is 1.94. The quantitative estimate of drug-likeness (QED) is 0.505. The van der Waals surface area contributed by atoms with Gasteiger partial charge in [0.2, 0.25) is 0 Å². The Morgan fingerprint density at radius 1 is 1.67 bits per heavy atom. The molecule has 0 N–H and O–H groups in total. The van der Waals surface area contributed by atoms with Crippen LogP contribution in [0.3, 0.4) is 0 Å². The van der Waals surface area contributed by atoms with Gasteiger partial charge in [-0.15, -0.1) is 0 Å². The molecule has 0 heterocycles. The molecule has 0 aliphatic rings. The molecule has 1 aromatic rings. The van der Waals surface area contributed by atoms with E-state index in [-0.39, 0.29) is 23.1 Å². The molecule has 0 radical (unpaired) electrons. The Labute approximate surface area is 85.1 Å². The molecule has 0 saturated carbocycles. The van der Waals surface area contributed by atoms with Crippen LogP contribution in [0.15, 0.2) is 22.6 Å². The Morgan fingerprint density at radius 3 is 3.00 bits per heavy atom. The molecule has 1 aromatic carbocycles. The van der Waals surface area contributed by atoms with Crippen molar-refractivity contribution in [3.8, 4) is 0 Å². The zero-order chi connectivity index (χ0) is 9.46. The number of hydrogen-bond donors (Lipinski definition) is 0. The third-order valence-corrected chi connectivity index (χ3v) is 2.34. The monoisotopic (exact) mass is 319 g/mol. The summed E-state index contributed by atoms with van der Waals surface area (Å²) in [4.78, 5) is 0. The van der Waals surface area contributed by atoms with Crippen LogP contribution < -0.4 is 0 Å². The Bertz CT molecular complexity index is 237. The lowest BCUT2D eigenvalue weighted by Gasteiger charge is -1.93. The Morgan fingerprint density at radius 2 is 2.33 bits per heavy atom. The lowest BCUT2D eigenvalue weighted by molar-refractivity contribution is 1.60. The van der Waals surface area contributed by atoms with E-state index in [1.54, 1.807) is 0 Å². The summed E-state index contributed by atoms with van der Waals surface area (Å²) < 4.78 is 23.1. The summed E-state index contributed by atoms with van der Waals surface area (Å²) in [5.74, 6) is 0. The normalized spacial score (nSPS) is 14.3. The minimum absolute atomic E-state index is 0.00815. The van der Waals surface area contributed by atoms with Gasteiger partial charge in [0, 0.05) is 8.04 Å². The maximum absolute atomic E-state index is 7.48. The van der Waals surface area contributed by atoms with Gasteiger partial charge >= 0.3 is 0 Å². The van der Waals surface area contributed by atoms with Crippen molar-refractivity contribution < 1.29 is 4.11 Å². The van der Waals surface area contributed by atoms with Gasteiger partial charge in [0.25, 0.3) is 0 Å². The maximum Gasteiger partial charge on any atom is 0.0646 e. The molecular formula is C6H3BrClI. The minimum atomic E-state index is -0.0380. The SMILES string of the molecule is [2H]c1c([2H])c(I)c([2H])c(Br)c1Cl. The van der Waals surface area contributed by atoms with Gasteiger partial charge in [0.1, 0.15) is 0 Å². The van der Waals surface area contributed by atoms with Crippen LogP contribution in [0.4, 0.5) is 0 Å². The first kappa shape index (κ1) is 4.57. The predicted octanol–water partition coefficient (Wildman–Crippen LogP) is 3.71. The average molecular weight is 320 g/mol. The largest absolute Gasteiger partial charge is 0.0831 e. The molecule has 0 bridgehead atoms. The Kier molecular flexibility index (Phi) is 1.63. The van der Waals surface area contributed by atoms with Crippen molar-refractivity contribution in [3.63, 3.8) is 0 Å². The first-order chi connectivity index (χ1) is 5.46. The van der Waals surface area contributed by atoms with Crippen LogP contribution in [-0.4, -0.2) is 0 Å². The molecule has 0 aliphatic heterocycles. The molecular weight excluding hydrogens is 314 g/mol. The smallest absolute Gasteiger partial charge is 0.0646 e. The van der Waals surface area contributed by atoms with Gasteiger partial charge in [-0.2, -0.15) is 0 Å². The van der Waals surface area contributed by atoms with Gasteiger partial charge in [-0.05, 0) is 56.6 Å². The second-order valence-corrected chi connectivity index (χ2v) is 3.57. The van der Waals surface area contributed by atoms with Gasteiger partial charge in [0.15, 0.2) is 0 Å². The fourth-order valence-electron chi connectivity index (χ4n) is 0.347. The molecule has 0 aromatic heterocycles. The van der Waals surface area contributed by atoms with Gasteiger partial charge in [-0.1, -0.05) is 11.6 Å².